The lowest BCUT2D eigenvalue weighted by molar-refractivity contribution is -0.128. The van der Waals surface area contributed by atoms with Gasteiger partial charge in [-0.2, -0.15) is 0 Å². The molecule has 1 N–H and O–H groups in total. The van der Waals surface area contributed by atoms with Gasteiger partial charge < -0.3 is 4.74 Å². The van der Waals surface area contributed by atoms with E-state index >= 15 is 0 Å². The highest BCUT2D eigenvalue weighted by atomic mass is 79.9. The highest BCUT2D eigenvalue weighted by molar-refractivity contribution is 9.10. The molecule has 1 fully saturated rings. The van der Waals surface area contributed by atoms with Gasteiger partial charge in [0.05, 0.1) is 5.69 Å². The first-order valence-corrected chi connectivity index (χ1v) is 9.35. The molecule has 2 aliphatic rings. The molecule has 26 heavy (non-hydrogen) atoms. The third kappa shape index (κ3) is 2.04. The molecule has 0 aliphatic carbocycles. The molecule has 4 nitrogen and oxygen atoms in total. The lowest BCUT2D eigenvalue weighted by Gasteiger charge is -2.29. The van der Waals surface area contributed by atoms with Gasteiger partial charge in [0.25, 0.3) is 0 Å². The molecule has 1 saturated heterocycles. The van der Waals surface area contributed by atoms with E-state index in [0.717, 1.165) is 37.8 Å². The van der Waals surface area contributed by atoms with Crippen LogP contribution in [0, 0.1) is 5.41 Å². The summed E-state index contributed by atoms with van der Waals surface area (Å²) in [5, 5.41) is 4.15. The number of ether oxygens (including phenoxy) is 1. The van der Waals surface area contributed by atoms with E-state index in [-0.39, 0.29) is 5.91 Å². The zero-order chi connectivity index (χ0) is 18.1. The molecule has 0 bridgehead atoms. The van der Waals surface area contributed by atoms with E-state index in [1.54, 1.807) is 0 Å². The summed E-state index contributed by atoms with van der Waals surface area (Å²) in [4.78, 5) is 12.5. The molecule has 2 aliphatic heterocycles. The van der Waals surface area contributed by atoms with Crippen LogP contribution in [0.4, 0.5) is 5.69 Å². The number of hydrazine groups is 1. The minimum Gasteiger partial charge on any atom is -0.467 e. The zero-order valence-corrected chi connectivity index (χ0v) is 16.0. The predicted octanol–water partition coefficient (Wildman–Crippen LogP) is 4.87. The number of hydrogen-bond acceptors (Lipinski definition) is 3. The monoisotopic (exact) mass is 408 g/mol. The summed E-state index contributed by atoms with van der Waals surface area (Å²) < 4.78 is 7.41. The fourth-order valence-electron chi connectivity index (χ4n) is 3.80. The van der Waals surface area contributed by atoms with Gasteiger partial charge in [0.2, 0.25) is 12.1 Å². The van der Waals surface area contributed by atoms with Crippen LogP contribution in [0.3, 0.4) is 0 Å². The smallest absolute Gasteiger partial charge is 0.250 e. The fourth-order valence-corrected chi connectivity index (χ4v) is 4.16. The van der Waals surface area contributed by atoms with Crippen LogP contribution in [0.25, 0.3) is 21.9 Å². The molecular formula is C21H17BrN2O2. The molecule has 1 amide bonds. The number of carbonyl (C=O) groups excluding carboxylic acids is 1. The highest BCUT2D eigenvalue weighted by Crippen LogP contribution is 2.49. The molecule has 0 aromatic heterocycles. The minimum atomic E-state index is -0.669. The molecule has 5 rings (SSSR count). The van der Waals surface area contributed by atoms with Gasteiger partial charge in [-0.25, -0.2) is 5.01 Å². The number of carbonyl (C=O) groups is 1. The second-order valence-electron chi connectivity index (χ2n) is 7.32. The van der Waals surface area contributed by atoms with E-state index in [2.05, 4.69) is 45.6 Å². The number of nitrogens with one attached hydrogen (secondary N) is 1. The summed E-state index contributed by atoms with van der Waals surface area (Å²) in [5.41, 5.74) is 5.36. The van der Waals surface area contributed by atoms with Gasteiger partial charge in [-0.3, -0.25) is 10.2 Å². The Bertz CT molecular complexity index is 1080. The first-order valence-electron chi connectivity index (χ1n) is 8.55. The van der Waals surface area contributed by atoms with Crippen molar-refractivity contribution in [1.82, 2.24) is 5.43 Å². The maximum atomic E-state index is 12.5. The van der Waals surface area contributed by atoms with E-state index in [9.17, 15) is 4.79 Å². The number of halogens is 1. The number of amides is 1. The number of rotatable bonds is 0. The Morgan fingerprint density at radius 2 is 1.92 bits per heavy atom. The van der Waals surface area contributed by atoms with Gasteiger partial charge in [0.1, 0.15) is 11.2 Å². The number of hydrogen-bond donors (Lipinski definition) is 1. The van der Waals surface area contributed by atoms with Gasteiger partial charge in [-0.1, -0.05) is 46.3 Å². The molecule has 3 aromatic rings. The first-order chi connectivity index (χ1) is 12.5. The Morgan fingerprint density at radius 1 is 1.12 bits per heavy atom. The number of anilines is 1. The van der Waals surface area contributed by atoms with Crippen molar-refractivity contribution < 1.29 is 9.53 Å². The van der Waals surface area contributed by atoms with Gasteiger partial charge in [-0.05, 0) is 48.9 Å². The highest BCUT2D eigenvalue weighted by Gasteiger charge is 2.51. The topological polar surface area (TPSA) is 41.6 Å². The van der Waals surface area contributed by atoms with Crippen LogP contribution in [0.1, 0.15) is 13.8 Å². The Labute approximate surface area is 159 Å². The molecule has 130 valence electrons. The van der Waals surface area contributed by atoms with Gasteiger partial charge in [-0.15, -0.1) is 0 Å². The third-order valence-corrected chi connectivity index (χ3v) is 5.77. The van der Waals surface area contributed by atoms with Crippen molar-refractivity contribution >= 4 is 38.3 Å². The molecule has 1 atom stereocenters. The van der Waals surface area contributed by atoms with E-state index in [4.69, 9.17) is 4.74 Å². The molecule has 0 spiro atoms. The molecule has 2 heterocycles. The molecule has 1 unspecified atom stereocenters. The van der Waals surface area contributed by atoms with Gasteiger partial charge in [0, 0.05) is 15.6 Å². The Kier molecular flexibility index (Phi) is 3.16. The Hall–Kier alpha value is -2.53. The lowest BCUT2D eigenvalue weighted by atomic mass is 9.91. The van der Waals surface area contributed by atoms with Crippen LogP contribution < -0.4 is 15.2 Å². The van der Waals surface area contributed by atoms with Crippen molar-refractivity contribution in [2.75, 3.05) is 5.01 Å². The lowest BCUT2D eigenvalue weighted by Crippen LogP contribution is -2.43. The second-order valence-corrected chi connectivity index (χ2v) is 8.24. The average molecular weight is 409 g/mol. The molecule has 0 radical (unpaired) electrons. The molecule has 0 saturated carbocycles. The minimum absolute atomic E-state index is 0.0411. The van der Waals surface area contributed by atoms with Crippen molar-refractivity contribution in [1.29, 1.82) is 0 Å². The SMILES string of the molecule is CC1(C)C(=O)NN2c3ccc(Br)cc3-c3c(ccc4ccccc34)OC21. The number of benzene rings is 3. The van der Waals surface area contributed by atoms with E-state index < -0.39 is 11.6 Å². The van der Waals surface area contributed by atoms with Crippen molar-refractivity contribution in [2.45, 2.75) is 20.1 Å². The van der Waals surface area contributed by atoms with Crippen molar-refractivity contribution in [3.63, 3.8) is 0 Å². The summed E-state index contributed by atoms with van der Waals surface area (Å²) in [6, 6.07) is 18.5. The average Bonchev–Trinajstić information content (AvgIpc) is 2.77. The van der Waals surface area contributed by atoms with Crippen LogP contribution >= 0.6 is 15.9 Å². The van der Waals surface area contributed by atoms with Crippen LogP contribution in [0.15, 0.2) is 59.1 Å². The van der Waals surface area contributed by atoms with Gasteiger partial charge in [0.15, 0.2) is 0 Å². The van der Waals surface area contributed by atoms with Crippen molar-refractivity contribution in [3.05, 3.63) is 59.1 Å². The van der Waals surface area contributed by atoms with E-state index in [1.807, 2.05) is 49.2 Å². The van der Waals surface area contributed by atoms with Gasteiger partial charge >= 0.3 is 0 Å². The first kappa shape index (κ1) is 15.7. The number of fused-ring (bicyclic) bond motifs is 7. The zero-order valence-electron chi connectivity index (χ0n) is 14.4. The Morgan fingerprint density at radius 3 is 2.77 bits per heavy atom. The summed E-state index contributed by atoms with van der Waals surface area (Å²) in [5.74, 6) is 0.751. The largest absolute Gasteiger partial charge is 0.467 e. The number of nitrogens with zero attached hydrogens (tertiary/aromatic N) is 1. The summed E-state index contributed by atoms with van der Waals surface area (Å²) in [6.45, 7) is 3.83. The van der Waals surface area contributed by atoms with Crippen LogP contribution in [-0.4, -0.2) is 12.1 Å². The van der Waals surface area contributed by atoms with Crippen LogP contribution in [0.2, 0.25) is 0 Å². The van der Waals surface area contributed by atoms with E-state index in [0.29, 0.717) is 0 Å². The molecule has 5 heteroatoms. The predicted molar refractivity (Wildman–Crippen MR) is 106 cm³/mol. The van der Waals surface area contributed by atoms with Crippen molar-refractivity contribution in [3.8, 4) is 16.9 Å². The molecular weight excluding hydrogens is 392 g/mol. The van der Waals surface area contributed by atoms with Crippen LogP contribution in [-0.2, 0) is 4.79 Å². The maximum absolute atomic E-state index is 12.5. The normalized spacial score (nSPS) is 19.9. The standard InChI is InChI=1S/C21H17BrN2O2/c1-21(2)19(25)23-24-16-9-8-13(22)11-15(16)18-14-6-4-3-5-12(14)7-10-17(18)26-20(21)24/h3-11,20H,1-2H3,(H,23,25). The Balaban J connectivity index is 1.88. The van der Waals surface area contributed by atoms with Crippen LogP contribution in [0.5, 0.6) is 5.75 Å². The summed E-state index contributed by atoms with van der Waals surface area (Å²) in [6.07, 6.45) is -0.419. The molecule has 3 aromatic carbocycles. The quantitative estimate of drug-likeness (QED) is 0.576. The van der Waals surface area contributed by atoms with E-state index in [1.165, 1.54) is 0 Å². The summed E-state index contributed by atoms with van der Waals surface area (Å²) in [7, 11) is 0. The third-order valence-electron chi connectivity index (χ3n) is 5.28. The summed E-state index contributed by atoms with van der Waals surface area (Å²) >= 11 is 3.59. The second kappa shape index (κ2) is 5.24. The maximum Gasteiger partial charge on any atom is 0.250 e. The van der Waals surface area contributed by atoms with Crippen molar-refractivity contribution in [2.24, 2.45) is 5.41 Å². The fraction of sp³-hybridized carbons (Fsp3) is 0.190.